The third kappa shape index (κ3) is 1.46. The lowest BCUT2D eigenvalue weighted by molar-refractivity contribution is 0.348. The van der Waals surface area contributed by atoms with Crippen LogP contribution in [0.1, 0.15) is 5.56 Å². The Kier molecular flexibility index (Phi) is 1.88. The van der Waals surface area contributed by atoms with Gasteiger partial charge in [0.2, 0.25) is 5.90 Å². The van der Waals surface area contributed by atoms with Crippen LogP contribution in [-0.2, 0) is 4.74 Å². The first-order valence-electron chi connectivity index (χ1n) is 4.96. The number of fused-ring (bicyclic) bond motifs is 1. The summed E-state index contributed by atoms with van der Waals surface area (Å²) in [6.45, 7) is 1.45. The molecule has 1 aliphatic heterocycles. The molecule has 15 heavy (non-hydrogen) atoms. The smallest absolute Gasteiger partial charge is 0.216 e. The van der Waals surface area contributed by atoms with Gasteiger partial charge in [0.1, 0.15) is 6.61 Å². The molecular weight excluding hydrogens is 188 g/mol. The molecule has 74 valence electrons. The first-order chi connectivity index (χ1) is 7.43. The molecule has 0 aliphatic carbocycles. The maximum absolute atomic E-state index is 5.41. The second kappa shape index (κ2) is 3.35. The number of hydrogen-bond donors (Lipinski definition) is 0. The van der Waals surface area contributed by atoms with Gasteiger partial charge in [0.05, 0.1) is 12.1 Å². The summed E-state index contributed by atoms with van der Waals surface area (Å²) < 4.78 is 5.41. The summed E-state index contributed by atoms with van der Waals surface area (Å²) >= 11 is 0. The van der Waals surface area contributed by atoms with Crippen molar-refractivity contribution in [3.8, 4) is 0 Å². The van der Waals surface area contributed by atoms with Gasteiger partial charge in [-0.15, -0.1) is 0 Å². The molecule has 0 fully saturated rings. The molecule has 1 aromatic heterocycles. The zero-order chi connectivity index (χ0) is 10.1. The lowest BCUT2D eigenvalue weighted by Gasteiger charge is -2.02. The topological polar surface area (TPSA) is 34.5 Å². The molecule has 2 heterocycles. The molecule has 3 nitrogen and oxygen atoms in total. The lowest BCUT2D eigenvalue weighted by atomic mass is 10.1. The van der Waals surface area contributed by atoms with Gasteiger partial charge in [-0.05, 0) is 18.2 Å². The Morgan fingerprint density at radius 2 is 2.20 bits per heavy atom. The van der Waals surface area contributed by atoms with E-state index in [1.54, 1.807) is 6.20 Å². The van der Waals surface area contributed by atoms with Crippen molar-refractivity contribution < 1.29 is 4.74 Å². The van der Waals surface area contributed by atoms with Gasteiger partial charge in [0.15, 0.2) is 0 Å². The highest BCUT2D eigenvalue weighted by Gasteiger charge is 2.10. The Hall–Kier alpha value is -1.90. The van der Waals surface area contributed by atoms with E-state index >= 15 is 0 Å². The minimum Gasteiger partial charge on any atom is -0.476 e. The van der Waals surface area contributed by atoms with E-state index in [2.05, 4.69) is 9.98 Å². The molecular formula is C12H10N2O. The number of aromatic nitrogens is 1. The molecule has 1 aliphatic rings. The van der Waals surface area contributed by atoms with E-state index in [0.29, 0.717) is 6.61 Å². The number of rotatable bonds is 1. The first-order valence-corrected chi connectivity index (χ1v) is 4.96. The van der Waals surface area contributed by atoms with Crippen LogP contribution in [-0.4, -0.2) is 24.0 Å². The standard InChI is InChI=1S/C12H10N2O/c1-2-9-3-4-10(8-11(9)13-5-1)12-14-6-7-15-12/h1-5,8H,6-7H2. The van der Waals surface area contributed by atoms with E-state index in [9.17, 15) is 0 Å². The van der Waals surface area contributed by atoms with Crippen LogP contribution in [0.3, 0.4) is 0 Å². The van der Waals surface area contributed by atoms with Crippen molar-refractivity contribution in [2.45, 2.75) is 0 Å². The Balaban J connectivity index is 2.13. The van der Waals surface area contributed by atoms with Crippen molar-refractivity contribution in [3.05, 3.63) is 42.1 Å². The average molecular weight is 198 g/mol. The molecule has 0 N–H and O–H groups in total. The predicted octanol–water partition coefficient (Wildman–Crippen LogP) is 2.01. The van der Waals surface area contributed by atoms with Crippen molar-refractivity contribution in [1.29, 1.82) is 0 Å². The Labute approximate surface area is 87.4 Å². The fourth-order valence-corrected chi connectivity index (χ4v) is 1.71. The van der Waals surface area contributed by atoms with Crippen molar-refractivity contribution in [1.82, 2.24) is 4.98 Å². The van der Waals surface area contributed by atoms with Crippen LogP contribution in [0, 0.1) is 0 Å². The molecule has 0 saturated carbocycles. The van der Waals surface area contributed by atoms with Gasteiger partial charge < -0.3 is 4.74 Å². The van der Waals surface area contributed by atoms with Crippen LogP contribution < -0.4 is 0 Å². The Bertz CT molecular complexity index is 534. The molecule has 1 aromatic carbocycles. The minimum absolute atomic E-state index is 0.690. The zero-order valence-corrected chi connectivity index (χ0v) is 8.18. The van der Waals surface area contributed by atoms with Crippen molar-refractivity contribution >= 4 is 16.8 Å². The van der Waals surface area contributed by atoms with Crippen LogP contribution in [0.4, 0.5) is 0 Å². The maximum atomic E-state index is 5.41. The van der Waals surface area contributed by atoms with Crippen LogP contribution in [0.15, 0.2) is 41.5 Å². The second-order valence-corrected chi connectivity index (χ2v) is 3.45. The monoisotopic (exact) mass is 198 g/mol. The van der Waals surface area contributed by atoms with Gasteiger partial charge in [-0.1, -0.05) is 12.1 Å². The largest absolute Gasteiger partial charge is 0.476 e. The summed E-state index contributed by atoms with van der Waals surface area (Å²) in [6, 6.07) is 10.1. The van der Waals surface area contributed by atoms with E-state index in [1.165, 1.54) is 0 Å². The van der Waals surface area contributed by atoms with Gasteiger partial charge >= 0.3 is 0 Å². The van der Waals surface area contributed by atoms with Gasteiger partial charge in [-0.2, -0.15) is 0 Å². The van der Waals surface area contributed by atoms with Gasteiger partial charge in [0.25, 0.3) is 0 Å². The fraction of sp³-hybridized carbons (Fsp3) is 0.167. The highest BCUT2D eigenvalue weighted by atomic mass is 16.5. The zero-order valence-electron chi connectivity index (χ0n) is 8.18. The Morgan fingerprint density at radius 1 is 1.20 bits per heavy atom. The summed E-state index contributed by atoms with van der Waals surface area (Å²) in [7, 11) is 0. The first kappa shape index (κ1) is 8.41. The van der Waals surface area contributed by atoms with Gasteiger partial charge in [0, 0.05) is 17.1 Å². The maximum Gasteiger partial charge on any atom is 0.216 e. The van der Waals surface area contributed by atoms with Crippen molar-refractivity contribution in [2.24, 2.45) is 4.99 Å². The molecule has 0 unspecified atom stereocenters. The molecule has 0 spiro atoms. The van der Waals surface area contributed by atoms with Crippen LogP contribution >= 0.6 is 0 Å². The van der Waals surface area contributed by atoms with E-state index in [0.717, 1.165) is 28.9 Å². The van der Waals surface area contributed by atoms with E-state index in [1.807, 2.05) is 30.3 Å². The van der Waals surface area contributed by atoms with Crippen LogP contribution in [0.5, 0.6) is 0 Å². The number of ether oxygens (including phenoxy) is 1. The van der Waals surface area contributed by atoms with Crippen LogP contribution in [0.2, 0.25) is 0 Å². The second-order valence-electron chi connectivity index (χ2n) is 3.45. The van der Waals surface area contributed by atoms with Gasteiger partial charge in [-0.25, -0.2) is 4.99 Å². The Morgan fingerprint density at radius 3 is 3.07 bits per heavy atom. The number of benzene rings is 1. The number of pyridine rings is 1. The summed E-state index contributed by atoms with van der Waals surface area (Å²) in [6.07, 6.45) is 1.80. The third-order valence-electron chi connectivity index (χ3n) is 2.44. The minimum atomic E-state index is 0.690. The molecule has 3 heteroatoms. The summed E-state index contributed by atoms with van der Waals surface area (Å²) in [5.74, 6) is 0.738. The SMILES string of the molecule is c1cnc2cc(C3=NCCO3)ccc2c1. The molecule has 0 atom stereocenters. The summed E-state index contributed by atoms with van der Waals surface area (Å²) in [5.41, 5.74) is 1.99. The average Bonchev–Trinajstić information content (AvgIpc) is 2.82. The van der Waals surface area contributed by atoms with Crippen molar-refractivity contribution in [3.63, 3.8) is 0 Å². The molecule has 0 radical (unpaired) electrons. The van der Waals surface area contributed by atoms with E-state index < -0.39 is 0 Å². The van der Waals surface area contributed by atoms with Gasteiger partial charge in [-0.3, -0.25) is 4.98 Å². The molecule has 0 saturated heterocycles. The highest BCUT2D eigenvalue weighted by Crippen LogP contribution is 2.15. The molecule has 0 bridgehead atoms. The predicted molar refractivity (Wildman–Crippen MR) is 59.1 cm³/mol. The number of nitrogens with zero attached hydrogens (tertiary/aromatic N) is 2. The number of aliphatic imine (C=N–C) groups is 1. The van der Waals surface area contributed by atoms with Crippen LogP contribution in [0.25, 0.3) is 10.9 Å². The summed E-state index contributed by atoms with van der Waals surface area (Å²) in [4.78, 5) is 8.58. The van der Waals surface area contributed by atoms with E-state index in [4.69, 9.17) is 4.74 Å². The van der Waals surface area contributed by atoms with E-state index in [-0.39, 0.29) is 0 Å². The highest BCUT2D eigenvalue weighted by molar-refractivity contribution is 5.98. The molecule has 2 aromatic rings. The summed E-state index contributed by atoms with van der Waals surface area (Å²) in [5, 5.41) is 1.14. The molecule has 3 rings (SSSR count). The lowest BCUT2D eigenvalue weighted by Crippen LogP contribution is -2.00. The quantitative estimate of drug-likeness (QED) is 0.702. The number of hydrogen-bond acceptors (Lipinski definition) is 3. The molecule has 0 amide bonds. The fourth-order valence-electron chi connectivity index (χ4n) is 1.71. The third-order valence-corrected chi connectivity index (χ3v) is 2.44. The normalized spacial score (nSPS) is 15.1. The van der Waals surface area contributed by atoms with Crippen molar-refractivity contribution in [2.75, 3.05) is 13.2 Å².